The molecule has 0 spiro atoms. The molecule has 2 unspecified atom stereocenters. The minimum atomic E-state index is -1.84. The molecule has 5 nitrogen and oxygen atoms in total. The van der Waals surface area contributed by atoms with Crippen LogP contribution in [0.3, 0.4) is 0 Å². The molecule has 100 valence electrons. The van der Waals surface area contributed by atoms with E-state index in [0.717, 1.165) is 0 Å². The van der Waals surface area contributed by atoms with E-state index < -0.39 is 17.9 Å². The van der Waals surface area contributed by atoms with Gasteiger partial charge in [0.15, 0.2) is 0 Å². The van der Waals surface area contributed by atoms with Crippen molar-refractivity contribution in [2.24, 2.45) is 0 Å². The van der Waals surface area contributed by atoms with Crippen LogP contribution in [-0.2, 0) is 14.3 Å². The van der Waals surface area contributed by atoms with Crippen LogP contribution in [0.2, 0.25) is 0 Å². The lowest BCUT2D eigenvalue weighted by molar-refractivity contribution is -0.240. The molecule has 0 saturated carbocycles. The molecule has 2 atom stereocenters. The summed E-state index contributed by atoms with van der Waals surface area (Å²) in [6.07, 6.45) is -0.260. The van der Waals surface area contributed by atoms with Gasteiger partial charge in [0, 0.05) is 14.2 Å². The fourth-order valence-electron chi connectivity index (χ4n) is 1.76. The van der Waals surface area contributed by atoms with Gasteiger partial charge in [-0.15, -0.1) is 0 Å². The summed E-state index contributed by atoms with van der Waals surface area (Å²) >= 11 is 0. The third-order valence-electron chi connectivity index (χ3n) is 2.69. The number of para-hydroxylation sites is 1. The monoisotopic (exact) mass is 254 g/mol. The first-order chi connectivity index (χ1) is 8.60. The van der Waals surface area contributed by atoms with Crippen molar-refractivity contribution in [2.75, 3.05) is 14.2 Å². The number of methoxy groups -OCH3 is 2. The molecule has 5 heteroatoms. The minimum Gasteiger partial charge on any atom is -0.476 e. The lowest BCUT2D eigenvalue weighted by Crippen LogP contribution is -2.56. The maximum absolute atomic E-state index is 11.5. The molecule has 0 aliphatic carbocycles. The van der Waals surface area contributed by atoms with Crippen molar-refractivity contribution in [3.63, 3.8) is 0 Å². The zero-order chi connectivity index (χ0) is 13.6. The number of hydrogen-bond donors (Lipinski definition) is 1. The van der Waals surface area contributed by atoms with E-state index in [1.54, 1.807) is 31.2 Å². The highest BCUT2D eigenvalue weighted by atomic mass is 16.7. The zero-order valence-electron chi connectivity index (χ0n) is 10.8. The average Bonchev–Trinajstić information content (AvgIpc) is 2.39. The van der Waals surface area contributed by atoms with Gasteiger partial charge in [-0.1, -0.05) is 25.1 Å². The number of benzene rings is 1. The summed E-state index contributed by atoms with van der Waals surface area (Å²) in [5.74, 6) is -2.65. The van der Waals surface area contributed by atoms with Gasteiger partial charge in [-0.05, 0) is 18.6 Å². The van der Waals surface area contributed by atoms with Gasteiger partial charge in [0.1, 0.15) is 11.9 Å². The lowest BCUT2D eigenvalue weighted by Gasteiger charge is -2.34. The van der Waals surface area contributed by atoms with Crippen molar-refractivity contribution in [3.05, 3.63) is 30.3 Å². The number of carboxylic acid groups (broad SMARTS) is 1. The molecule has 1 N–H and O–H groups in total. The van der Waals surface area contributed by atoms with Crippen molar-refractivity contribution in [2.45, 2.75) is 25.2 Å². The van der Waals surface area contributed by atoms with Crippen molar-refractivity contribution >= 4 is 5.97 Å². The molecule has 0 aliphatic heterocycles. The third-order valence-corrected chi connectivity index (χ3v) is 2.69. The quantitative estimate of drug-likeness (QED) is 0.753. The summed E-state index contributed by atoms with van der Waals surface area (Å²) in [7, 11) is 2.72. The number of carboxylic acids is 1. The van der Waals surface area contributed by atoms with Crippen LogP contribution < -0.4 is 4.74 Å². The molecule has 1 aromatic rings. The third kappa shape index (κ3) is 2.80. The van der Waals surface area contributed by atoms with Gasteiger partial charge < -0.3 is 19.3 Å². The van der Waals surface area contributed by atoms with Crippen LogP contribution in [0.5, 0.6) is 5.75 Å². The molecule has 1 rings (SSSR count). The number of hydrogen-bond acceptors (Lipinski definition) is 4. The standard InChI is InChI=1S/C13H18O5/c1-4-11(16-2)13(17-3,12(14)15)18-10-8-6-5-7-9-10/h5-9,11H,4H2,1-3H3,(H,14,15). The zero-order valence-corrected chi connectivity index (χ0v) is 10.8. The maximum Gasteiger partial charge on any atom is 0.380 e. The van der Waals surface area contributed by atoms with Gasteiger partial charge in [-0.3, -0.25) is 0 Å². The van der Waals surface area contributed by atoms with Crippen molar-refractivity contribution in [1.82, 2.24) is 0 Å². The van der Waals surface area contributed by atoms with Crippen LogP contribution in [0.25, 0.3) is 0 Å². The average molecular weight is 254 g/mol. The second kappa shape index (κ2) is 6.37. The lowest BCUT2D eigenvalue weighted by atomic mass is 10.1. The molecule has 0 fully saturated rings. The molecule has 0 aromatic heterocycles. The molecule has 0 heterocycles. The highest BCUT2D eigenvalue weighted by Crippen LogP contribution is 2.26. The first-order valence-corrected chi connectivity index (χ1v) is 5.66. The van der Waals surface area contributed by atoms with Crippen molar-refractivity contribution in [3.8, 4) is 5.75 Å². The van der Waals surface area contributed by atoms with Crippen molar-refractivity contribution in [1.29, 1.82) is 0 Å². The van der Waals surface area contributed by atoms with Gasteiger partial charge in [0.2, 0.25) is 0 Å². The Bertz CT molecular complexity index is 374. The largest absolute Gasteiger partial charge is 0.476 e. The molecule has 0 amide bonds. The molecular formula is C13H18O5. The SMILES string of the molecule is CCC(OC)C(OC)(Oc1ccccc1)C(=O)O. The molecule has 0 bridgehead atoms. The van der Waals surface area contributed by atoms with E-state index in [9.17, 15) is 9.90 Å². The predicted molar refractivity (Wildman–Crippen MR) is 65.5 cm³/mol. The molecule has 1 aromatic carbocycles. The minimum absolute atomic E-state index is 0.414. The van der Waals surface area contributed by atoms with E-state index in [2.05, 4.69) is 0 Å². The Labute approximate surface area is 106 Å². The fraction of sp³-hybridized carbons (Fsp3) is 0.462. The van der Waals surface area contributed by atoms with Gasteiger partial charge >= 0.3 is 11.8 Å². The maximum atomic E-state index is 11.5. The summed E-state index contributed by atoms with van der Waals surface area (Å²) in [5, 5.41) is 9.39. The molecule has 18 heavy (non-hydrogen) atoms. The van der Waals surface area contributed by atoms with E-state index >= 15 is 0 Å². The van der Waals surface area contributed by atoms with Gasteiger partial charge in [-0.2, -0.15) is 0 Å². The first kappa shape index (κ1) is 14.5. The van der Waals surface area contributed by atoms with E-state index in [-0.39, 0.29) is 0 Å². The normalized spacial score (nSPS) is 15.7. The summed E-state index contributed by atoms with van der Waals surface area (Å²) in [5.41, 5.74) is 0. The second-order valence-electron chi connectivity index (χ2n) is 3.72. The summed E-state index contributed by atoms with van der Waals surface area (Å²) in [6.45, 7) is 1.80. The van der Waals surface area contributed by atoms with Crippen LogP contribution in [-0.4, -0.2) is 37.2 Å². The molecule has 0 saturated heterocycles. The topological polar surface area (TPSA) is 65.0 Å². The number of ether oxygens (including phenoxy) is 3. The summed E-state index contributed by atoms with van der Waals surface area (Å²) in [6, 6.07) is 8.66. The Kier molecular flexibility index (Phi) is 5.12. The Morgan fingerprint density at radius 2 is 1.94 bits per heavy atom. The molecule has 0 aliphatic rings. The summed E-state index contributed by atoms with van der Waals surface area (Å²) < 4.78 is 15.8. The van der Waals surface area contributed by atoms with Crippen molar-refractivity contribution < 1.29 is 24.1 Å². The van der Waals surface area contributed by atoms with Crippen LogP contribution >= 0.6 is 0 Å². The van der Waals surface area contributed by atoms with Crippen LogP contribution in [0, 0.1) is 0 Å². The van der Waals surface area contributed by atoms with Gasteiger partial charge in [0.05, 0.1) is 0 Å². The smallest absolute Gasteiger partial charge is 0.380 e. The van der Waals surface area contributed by atoms with E-state index in [1.165, 1.54) is 14.2 Å². The highest BCUT2D eigenvalue weighted by molar-refractivity contribution is 5.77. The number of rotatable bonds is 7. The van der Waals surface area contributed by atoms with Crippen LogP contribution in [0.15, 0.2) is 30.3 Å². The Morgan fingerprint density at radius 3 is 2.33 bits per heavy atom. The Balaban J connectivity index is 3.08. The van der Waals surface area contributed by atoms with E-state index in [1.807, 2.05) is 6.07 Å². The summed E-state index contributed by atoms with van der Waals surface area (Å²) in [4.78, 5) is 11.5. The van der Waals surface area contributed by atoms with E-state index in [4.69, 9.17) is 14.2 Å². The predicted octanol–water partition coefficient (Wildman–Crippen LogP) is 1.92. The Morgan fingerprint density at radius 1 is 1.33 bits per heavy atom. The number of aliphatic carboxylic acids is 1. The first-order valence-electron chi connectivity index (χ1n) is 5.66. The molecular weight excluding hydrogens is 236 g/mol. The fourth-order valence-corrected chi connectivity index (χ4v) is 1.76. The second-order valence-corrected chi connectivity index (χ2v) is 3.72. The van der Waals surface area contributed by atoms with Gasteiger partial charge in [0.25, 0.3) is 0 Å². The van der Waals surface area contributed by atoms with Crippen LogP contribution in [0.4, 0.5) is 0 Å². The molecule has 0 radical (unpaired) electrons. The van der Waals surface area contributed by atoms with Gasteiger partial charge in [-0.25, -0.2) is 4.79 Å². The highest BCUT2D eigenvalue weighted by Gasteiger charge is 2.49. The van der Waals surface area contributed by atoms with Crippen LogP contribution in [0.1, 0.15) is 13.3 Å². The van der Waals surface area contributed by atoms with E-state index in [0.29, 0.717) is 12.2 Å². The Hall–Kier alpha value is -1.59. The number of carbonyl (C=O) groups is 1.